The molecule has 1 saturated carbocycles. The van der Waals surface area contributed by atoms with E-state index in [1.165, 1.54) is 12.8 Å². The molecular weight excluding hydrogens is 361 g/mol. The van der Waals surface area contributed by atoms with Crippen molar-refractivity contribution >= 4 is 29.0 Å². The first kappa shape index (κ1) is 19.1. The molecule has 0 bridgehead atoms. The van der Waals surface area contributed by atoms with Gasteiger partial charge < -0.3 is 9.47 Å². The molecule has 1 heterocycles. The van der Waals surface area contributed by atoms with Gasteiger partial charge >= 0.3 is 0 Å². The summed E-state index contributed by atoms with van der Waals surface area (Å²) in [5, 5.41) is 1.34. The van der Waals surface area contributed by atoms with Crippen molar-refractivity contribution in [2.75, 3.05) is 26.5 Å². The second-order valence-electron chi connectivity index (χ2n) is 6.79. The van der Waals surface area contributed by atoms with Crippen LogP contribution < -0.4 is 0 Å². The highest BCUT2D eigenvalue weighted by Gasteiger charge is 2.34. The minimum atomic E-state index is 0.156. The number of nitrogens with zero attached hydrogens (tertiary/aromatic N) is 1. The predicted octanol–water partition coefficient (Wildman–Crippen LogP) is 4.11. The van der Waals surface area contributed by atoms with Crippen molar-refractivity contribution in [1.29, 1.82) is 0 Å². The molecule has 1 aliphatic carbocycles. The SMILES string of the molecule is O=C1CCN([C@H]2CCCC[C@@H]2OCOCCc2c(Cl)cccc2Cl)C1. The number of ether oxygens (including phenoxy) is 2. The Hall–Kier alpha value is -0.650. The van der Waals surface area contributed by atoms with Crippen LogP contribution in [0.15, 0.2) is 18.2 Å². The van der Waals surface area contributed by atoms with Gasteiger partial charge in [-0.15, -0.1) is 0 Å². The molecule has 1 saturated heterocycles. The predicted molar refractivity (Wildman–Crippen MR) is 99.3 cm³/mol. The van der Waals surface area contributed by atoms with Gasteiger partial charge in [0.25, 0.3) is 0 Å². The molecule has 0 unspecified atom stereocenters. The minimum absolute atomic E-state index is 0.156. The van der Waals surface area contributed by atoms with Crippen LogP contribution in [-0.4, -0.2) is 49.3 Å². The Labute approximate surface area is 159 Å². The lowest BCUT2D eigenvalue weighted by atomic mass is 9.91. The van der Waals surface area contributed by atoms with Crippen molar-refractivity contribution in [2.45, 2.75) is 50.7 Å². The van der Waals surface area contributed by atoms with Crippen LogP contribution >= 0.6 is 23.2 Å². The minimum Gasteiger partial charge on any atom is -0.355 e. The average Bonchev–Trinajstić information content (AvgIpc) is 3.03. The van der Waals surface area contributed by atoms with Crippen molar-refractivity contribution in [3.63, 3.8) is 0 Å². The number of hydrogen-bond donors (Lipinski definition) is 0. The van der Waals surface area contributed by atoms with Crippen molar-refractivity contribution in [2.24, 2.45) is 0 Å². The van der Waals surface area contributed by atoms with E-state index < -0.39 is 0 Å². The molecule has 1 aliphatic heterocycles. The van der Waals surface area contributed by atoms with Crippen LogP contribution in [0.4, 0.5) is 0 Å². The van der Waals surface area contributed by atoms with Gasteiger partial charge in [-0.05, 0) is 37.0 Å². The van der Waals surface area contributed by atoms with Crippen molar-refractivity contribution in [3.8, 4) is 0 Å². The molecule has 0 spiro atoms. The summed E-state index contributed by atoms with van der Waals surface area (Å²) in [4.78, 5) is 13.9. The molecule has 25 heavy (non-hydrogen) atoms. The van der Waals surface area contributed by atoms with E-state index in [0.717, 1.165) is 24.9 Å². The smallest absolute Gasteiger partial charge is 0.148 e. The van der Waals surface area contributed by atoms with Crippen LogP contribution in [-0.2, 0) is 20.7 Å². The first-order valence-electron chi connectivity index (χ1n) is 9.03. The summed E-state index contributed by atoms with van der Waals surface area (Å²) >= 11 is 12.3. The van der Waals surface area contributed by atoms with E-state index in [-0.39, 0.29) is 12.9 Å². The van der Waals surface area contributed by atoms with E-state index >= 15 is 0 Å². The summed E-state index contributed by atoms with van der Waals surface area (Å²) in [5.41, 5.74) is 0.914. The molecule has 1 aromatic rings. The van der Waals surface area contributed by atoms with Crippen LogP contribution in [0.3, 0.4) is 0 Å². The number of carbonyl (C=O) groups is 1. The van der Waals surface area contributed by atoms with Gasteiger partial charge in [0.15, 0.2) is 0 Å². The molecule has 0 amide bonds. The normalized spacial score (nSPS) is 24.8. The Kier molecular flexibility index (Phi) is 7.14. The van der Waals surface area contributed by atoms with E-state index in [2.05, 4.69) is 4.90 Å². The third-order valence-electron chi connectivity index (χ3n) is 5.12. The first-order chi connectivity index (χ1) is 12.1. The van der Waals surface area contributed by atoms with Crippen LogP contribution in [0.1, 0.15) is 37.7 Å². The molecule has 0 aromatic heterocycles. The van der Waals surface area contributed by atoms with E-state index in [0.29, 0.717) is 47.9 Å². The third-order valence-corrected chi connectivity index (χ3v) is 5.83. The number of Topliss-reactive ketones (excluding diaryl/α,β-unsaturated/α-hetero) is 1. The van der Waals surface area contributed by atoms with E-state index in [9.17, 15) is 4.79 Å². The zero-order chi connectivity index (χ0) is 17.6. The summed E-state index contributed by atoms with van der Waals surface area (Å²) < 4.78 is 11.7. The standard InChI is InChI=1S/C19H25Cl2NO3/c20-16-4-3-5-17(21)15(16)9-11-24-13-25-19-7-2-1-6-18(19)22-10-8-14(23)12-22/h3-5,18-19H,1-2,6-13H2/t18-,19-/m0/s1. The summed E-state index contributed by atoms with van der Waals surface area (Å²) in [7, 11) is 0. The van der Waals surface area contributed by atoms with Crippen LogP contribution in [0, 0.1) is 0 Å². The van der Waals surface area contributed by atoms with E-state index in [4.69, 9.17) is 32.7 Å². The number of rotatable bonds is 7. The summed E-state index contributed by atoms with van der Waals surface area (Å²) in [6.45, 7) is 2.24. The van der Waals surface area contributed by atoms with Crippen LogP contribution in [0.5, 0.6) is 0 Å². The molecule has 1 aromatic carbocycles. The lowest BCUT2D eigenvalue weighted by Gasteiger charge is -2.37. The fraction of sp³-hybridized carbons (Fsp3) is 0.632. The van der Waals surface area contributed by atoms with Crippen molar-refractivity contribution < 1.29 is 14.3 Å². The fourth-order valence-electron chi connectivity index (χ4n) is 3.77. The quantitative estimate of drug-likeness (QED) is 0.522. The largest absolute Gasteiger partial charge is 0.355 e. The molecule has 0 N–H and O–H groups in total. The number of likely N-dealkylation sites (tertiary alicyclic amines) is 1. The molecule has 4 nitrogen and oxygen atoms in total. The number of halogens is 2. The van der Waals surface area contributed by atoms with Crippen LogP contribution in [0.25, 0.3) is 0 Å². The molecule has 2 fully saturated rings. The maximum Gasteiger partial charge on any atom is 0.148 e. The average molecular weight is 386 g/mol. The van der Waals surface area contributed by atoms with Gasteiger partial charge in [0.1, 0.15) is 12.6 Å². The molecule has 3 rings (SSSR count). The Balaban J connectivity index is 1.42. The lowest BCUT2D eigenvalue weighted by Crippen LogP contribution is -2.46. The van der Waals surface area contributed by atoms with Crippen LogP contribution in [0.2, 0.25) is 10.0 Å². The lowest BCUT2D eigenvalue weighted by molar-refractivity contribution is -0.124. The van der Waals surface area contributed by atoms with Gasteiger partial charge in [0, 0.05) is 29.1 Å². The maximum atomic E-state index is 11.6. The van der Waals surface area contributed by atoms with Crippen molar-refractivity contribution in [3.05, 3.63) is 33.8 Å². The summed E-state index contributed by atoms with van der Waals surface area (Å²) in [5.74, 6) is 0.345. The second kappa shape index (κ2) is 9.33. The van der Waals surface area contributed by atoms with E-state index in [1.807, 2.05) is 18.2 Å². The highest BCUT2D eigenvalue weighted by atomic mass is 35.5. The summed E-state index contributed by atoms with van der Waals surface area (Å²) in [6.07, 6.45) is 6.03. The first-order valence-corrected chi connectivity index (χ1v) is 9.78. The van der Waals surface area contributed by atoms with Gasteiger partial charge in [0.05, 0.1) is 19.3 Å². The van der Waals surface area contributed by atoms with Crippen molar-refractivity contribution in [1.82, 2.24) is 4.90 Å². The molecule has 0 radical (unpaired) electrons. The molecule has 6 heteroatoms. The number of hydrogen-bond acceptors (Lipinski definition) is 4. The topological polar surface area (TPSA) is 38.8 Å². The highest BCUT2D eigenvalue weighted by molar-refractivity contribution is 6.35. The summed E-state index contributed by atoms with van der Waals surface area (Å²) in [6, 6.07) is 5.86. The monoisotopic (exact) mass is 385 g/mol. The number of carbonyl (C=O) groups excluding carboxylic acids is 1. The fourth-order valence-corrected chi connectivity index (χ4v) is 4.35. The second-order valence-corrected chi connectivity index (χ2v) is 7.61. The Bertz CT molecular complexity index is 576. The van der Waals surface area contributed by atoms with Gasteiger partial charge in [-0.25, -0.2) is 0 Å². The Morgan fingerprint density at radius 1 is 1.16 bits per heavy atom. The molecule has 2 aliphatic rings. The van der Waals surface area contributed by atoms with Gasteiger partial charge in [-0.1, -0.05) is 42.1 Å². The zero-order valence-electron chi connectivity index (χ0n) is 14.4. The van der Waals surface area contributed by atoms with Gasteiger partial charge in [-0.2, -0.15) is 0 Å². The Morgan fingerprint density at radius 2 is 1.92 bits per heavy atom. The van der Waals surface area contributed by atoms with Gasteiger partial charge in [0.2, 0.25) is 0 Å². The maximum absolute atomic E-state index is 11.6. The van der Waals surface area contributed by atoms with E-state index in [1.54, 1.807) is 0 Å². The number of ketones is 1. The highest BCUT2D eigenvalue weighted by Crippen LogP contribution is 2.28. The Morgan fingerprint density at radius 3 is 2.64 bits per heavy atom. The molecule has 138 valence electrons. The third kappa shape index (κ3) is 5.18. The molecular formula is C19H25Cl2NO3. The zero-order valence-corrected chi connectivity index (χ0v) is 15.9. The number of benzene rings is 1. The molecule has 2 atom stereocenters. The van der Waals surface area contributed by atoms with Gasteiger partial charge in [-0.3, -0.25) is 9.69 Å².